The molecule has 0 bridgehead atoms. The van der Waals surface area contributed by atoms with E-state index < -0.39 is 0 Å². The predicted molar refractivity (Wildman–Crippen MR) is 64.3 cm³/mol. The number of hydrogen-bond donors (Lipinski definition) is 2. The average Bonchev–Trinajstić information content (AvgIpc) is 3.10. The van der Waals surface area contributed by atoms with Crippen molar-refractivity contribution in [1.29, 1.82) is 0 Å². The van der Waals surface area contributed by atoms with Gasteiger partial charge in [0.25, 0.3) is 0 Å². The van der Waals surface area contributed by atoms with E-state index in [1.165, 1.54) is 6.42 Å². The van der Waals surface area contributed by atoms with E-state index in [9.17, 15) is 4.79 Å². The molecular weight excluding hydrogens is 204 g/mol. The number of amides is 1. The van der Waals surface area contributed by atoms with Crippen molar-refractivity contribution in [3.05, 3.63) is 0 Å². The minimum Gasteiger partial charge on any atom is -0.380 e. The van der Waals surface area contributed by atoms with Crippen LogP contribution in [0.5, 0.6) is 0 Å². The van der Waals surface area contributed by atoms with Crippen LogP contribution < -0.4 is 10.6 Å². The summed E-state index contributed by atoms with van der Waals surface area (Å²) in [5.74, 6) is 0.540. The van der Waals surface area contributed by atoms with Crippen LogP contribution in [0.25, 0.3) is 0 Å². The van der Waals surface area contributed by atoms with Crippen LogP contribution in [0.2, 0.25) is 0 Å². The second-order valence-electron chi connectivity index (χ2n) is 4.28. The van der Waals surface area contributed by atoms with Crippen LogP contribution in [0.3, 0.4) is 0 Å². The molecule has 0 aromatic heterocycles. The maximum absolute atomic E-state index is 11.2. The van der Waals surface area contributed by atoms with E-state index in [2.05, 4.69) is 17.6 Å². The Morgan fingerprint density at radius 1 is 1.25 bits per heavy atom. The molecule has 0 unspecified atom stereocenters. The van der Waals surface area contributed by atoms with E-state index in [1.807, 2.05) is 0 Å². The molecule has 1 aliphatic carbocycles. The van der Waals surface area contributed by atoms with Crippen LogP contribution in [-0.2, 0) is 9.53 Å². The van der Waals surface area contributed by atoms with Gasteiger partial charge >= 0.3 is 0 Å². The Bertz CT molecular complexity index is 193. The van der Waals surface area contributed by atoms with Crippen LogP contribution in [0.1, 0.15) is 32.6 Å². The van der Waals surface area contributed by atoms with Gasteiger partial charge in [-0.05, 0) is 19.3 Å². The fourth-order valence-electron chi connectivity index (χ4n) is 1.38. The highest BCUT2D eigenvalue weighted by molar-refractivity contribution is 5.80. The number of carbonyl (C=O) groups excluding carboxylic acids is 1. The molecule has 2 N–H and O–H groups in total. The lowest BCUT2D eigenvalue weighted by Gasteiger charge is -2.06. The summed E-state index contributed by atoms with van der Waals surface area (Å²) in [6, 6.07) is 0. The van der Waals surface area contributed by atoms with Gasteiger partial charge in [0.1, 0.15) is 0 Å². The van der Waals surface area contributed by atoms with Crippen molar-refractivity contribution in [1.82, 2.24) is 10.6 Å². The highest BCUT2D eigenvalue weighted by Crippen LogP contribution is 2.28. The molecule has 0 spiro atoms. The van der Waals surface area contributed by atoms with Crippen molar-refractivity contribution >= 4 is 5.91 Å². The van der Waals surface area contributed by atoms with Crippen LogP contribution in [0, 0.1) is 5.92 Å². The SMILES string of the molecule is CCCCOCCNCCNC(=O)C1CC1. The molecule has 1 aliphatic rings. The zero-order valence-corrected chi connectivity index (χ0v) is 10.3. The number of rotatable bonds is 10. The Kier molecular flexibility index (Phi) is 7.17. The van der Waals surface area contributed by atoms with Crippen LogP contribution in [0.15, 0.2) is 0 Å². The second-order valence-corrected chi connectivity index (χ2v) is 4.28. The summed E-state index contributed by atoms with van der Waals surface area (Å²) in [6.07, 6.45) is 4.47. The summed E-state index contributed by atoms with van der Waals surface area (Å²) in [4.78, 5) is 11.2. The zero-order chi connectivity index (χ0) is 11.6. The van der Waals surface area contributed by atoms with Gasteiger partial charge < -0.3 is 15.4 Å². The molecule has 16 heavy (non-hydrogen) atoms. The van der Waals surface area contributed by atoms with E-state index >= 15 is 0 Å². The van der Waals surface area contributed by atoms with Crippen molar-refractivity contribution in [2.75, 3.05) is 32.8 Å². The lowest BCUT2D eigenvalue weighted by Crippen LogP contribution is -2.33. The summed E-state index contributed by atoms with van der Waals surface area (Å²) in [6.45, 7) is 6.19. The summed E-state index contributed by atoms with van der Waals surface area (Å²) >= 11 is 0. The third-order valence-corrected chi connectivity index (χ3v) is 2.61. The predicted octanol–water partition coefficient (Wildman–Crippen LogP) is 0.919. The molecule has 0 aliphatic heterocycles. The van der Waals surface area contributed by atoms with E-state index in [0.717, 1.165) is 52.1 Å². The molecule has 0 atom stereocenters. The highest BCUT2D eigenvalue weighted by Gasteiger charge is 2.28. The molecule has 0 aromatic rings. The van der Waals surface area contributed by atoms with Crippen LogP contribution in [0.4, 0.5) is 0 Å². The van der Waals surface area contributed by atoms with Gasteiger partial charge in [-0.3, -0.25) is 4.79 Å². The molecular formula is C12H24N2O2. The number of hydrogen-bond acceptors (Lipinski definition) is 3. The Balaban J connectivity index is 1.72. The van der Waals surface area contributed by atoms with E-state index in [0.29, 0.717) is 5.92 Å². The van der Waals surface area contributed by atoms with Crippen molar-refractivity contribution in [3.63, 3.8) is 0 Å². The Hall–Kier alpha value is -0.610. The van der Waals surface area contributed by atoms with Gasteiger partial charge in [0.2, 0.25) is 5.91 Å². The van der Waals surface area contributed by atoms with Gasteiger partial charge in [-0.25, -0.2) is 0 Å². The monoisotopic (exact) mass is 228 g/mol. The fourth-order valence-corrected chi connectivity index (χ4v) is 1.38. The summed E-state index contributed by atoms with van der Waals surface area (Å²) in [5, 5.41) is 6.15. The molecule has 1 amide bonds. The topological polar surface area (TPSA) is 50.4 Å². The molecule has 4 nitrogen and oxygen atoms in total. The molecule has 94 valence electrons. The Morgan fingerprint density at radius 2 is 2.06 bits per heavy atom. The molecule has 0 aromatic carbocycles. The van der Waals surface area contributed by atoms with E-state index in [1.54, 1.807) is 0 Å². The highest BCUT2D eigenvalue weighted by atomic mass is 16.5. The molecule has 4 heteroatoms. The van der Waals surface area contributed by atoms with Crippen LogP contribution in [-0.4, -0.2) is 38.8 Å². The van der Waals surface area contributed by atoms with Crippen molar-refractivity contribution in [2.24, 2.45) is 5.92 Å². The lowest BCUT2D eigenvalue weighted by molar-refractivity contribution is -0.122. The van der Waals surface area contributed by atoms with Gasteiger partial charge in [0, 0.05) is 32.2 Å². The first kappa shape index (κ1) is 13.5. The first-order chi connectivity index (χ1) is 7.84. The fraction of sp³-hybridized carbons (Fsp3) is 0.917. The van der Waals surface area contributed by atoms with Gasteiger partial charge in [0.05, 0.1) is 6.61 Å². The van der Waals surface area contributed by atoms with Gasteiger partial charge in [0.15, 0.2) is 0 Å². The minimum absolute atomic E-state index is 0.223. The Morgan fingerprint density at radius 3 is 2.75 bits per heavy atom. The number of carbonyl (C=O) groups is 1. The first-order valence-electron chi connectivity index (χ1n) is 6.40. The van der Waals surface area contributed by atoms with Gasteiger partial charge in [-0.1, -0.05) is 13.3 Å². The normalized spacial score (nSPS) is 15.1. The smallest absolute Gasteiger partial charge is 0.223 e. The molecule has 0 saturated heterocycles. The molecule has 1 fully saturated rings. The summed E-state index contributed by atoms with van der Waals surface area (Å²) < 4.78 is 5.40. The second kappa shape index (κ2) is 8.53. The quantitative estimate of drug-likeness (QED) is 0.547. The Labute approximate surface area is 98.1 Å². The summed E-state index contributed by atoms with van der Waals surface area (Å²) in [7, 11) is 0. The number of unbranched alkanes of at least 4 members (excludes halogenated alkanes) is 1. The third-order valence-electron chi connectivity index (χ3n) is 2.61. The number of ether oxygens (including phenoxy) is 1. The first-order valence-corrected chi connectivity index (χ1v) is 6.40. The van der Waals surface area contributed by atoms with Crippen LogP contribution >= 0.6 is 0 Å². The molecule has 0 radical (unpaired) electrons. The zero-order valence-electron chi connectivity index (χ0n) is 10.3. The van der Waals surface area contributed by atoms with Gasteiger partial charge in [-0.15, -0.1) is 0 Å². The minimum atomic E-state index is 0.223. The average molecular weight is 228 g/mol. The molecule has 0 heterocycles. The number of nitrogens with one attached hydrogen (secondary N) is 2. The largest absolute Gasteiger partial charge is 0.380 e. The maximum atomic E-state index is 11.2. The molecule has 1 saturated carbocycles. The lowest BCUT2D eigenvalue weighted by atomic mass is 10.4. The third kappa shape index (κ3) is 6.80. The maximum Gasteiger partial charge on any atom is 0.223 e. The summed E-state index contributed by atoms with van der Waals surface area (Å²) in [5.41, 5.74) is 0. The van der Waals surface area contributed by atoms with Crippen molar-refractivity contribution in [2.45, 2.75) is 32.6 Å². The van der Waals surface area contributed by atoms with E-state index in [4.69, 9.17) is 4.74 Å². The van der Waals surface area contributed by atoms with Gasteiger partial charge in [-0.2, -0.15) is 0 Å². The standard InChI is InChI=1S/C12H24N2O2/c1-2-3-9-16-10-8-13-6-7-14-12(15)11-4-5-11/h11,13H,2-10H2,1H3,(H,14,15). The van der Waals surface area contributed by atoms with Crippen molar-refractivity contribution < 1.29 is 9.53 Å². The molecule has 1 rings (SSSR count). The van der Waals surface area contributed by atoms with Crippen molar-refractivity contribution in [3.8, 4) is 0 Å². The van der Waals surface area contributed by atoms with E-state index in [-0.39, 0.29) is 5.91 Å².